The fourth-order valence-electron chi connectivity index (χ4n) is 2.39. The lowest BCUT2D eigenvalue weighted by Gasteiger charge is -2.03. The van der Waals surface area contributed by atoms with Gasteiger partial charge in [0.15, 0.2) is 5.82 Å². The summed E-state index contributed by atoms with van der Waals surface area (Å²) in [6.07, 6.45) is 0. The molecule has 26 heavy (non-hydrogen) atoms. The first-order valence-corrected chi connectivity index (χ1v) is 8.77. The van der Waals surface area contributed by atoms with Gasteiger partial charge in [0.05, 0.1) is 10.6 Å². The molecule has 4 aromatic rings. The standard InChI is InChI=1S/C17H11ClFN5OS/c1-9-6-7-10(8-13(9)19)14-21-22-17-24(14)23-16(26-17)20-15(25)11-4-2-3-5-12(11)18/h2-8H,1H3,(H,20,23,25). The van der Waals surface area contributed by atoms with Crippen molar-refractivity contribution in [3.8, 4) is 11.4 Å². The summed E-state index contributed by atoms with van der Waals surface area (Å²) in [7, 11) is 0. The minimum absolute atomic E-state index is 0.332. The number of carbonyl (C=O) groups is 1. The molecule has 0 spiro atoms. The Hall–Kier alpha value is -2.84. The molecular formula is C17H11ClFN5OS. The summed E-state index contributed by atoms with van der Waals surface area (Å²) in [6, 6.07) is 11.5. The number of aromatic nitrogens is 4. The molecule has 1 amide bonds. The van der Waals surface area contributed by atoms with Crippen LogP contribution in [0.5, 0.6) is 0 Å². The normalized spacial score (nSPS) is 11.0. The van der Waals surface area contributed by atoms with Crippen molar-refractivity contribution in [3.05, 3.63) is 64.4 Å². The molecule has 6 nitrogen and oxygen atoms in total. The number of nitrogens with zero attached hydrogens (tertiary/aromatic N) is 4. The van der Waals surface area contributed by atoms with E-state index in [0.29, 0.717) is 37.6 Å². The highest BCUT2D eigenvalue weighted by molar-refractivity contribution is 7.20. The van der Waals surface area contributed by atoms with Gasteiger partial charge in [-0.1, -0.05) is 47.2 Å². The summed E-state index contributed by atoms with van der Waals surface area (Å²) < 4.78 is 15.3. The predicted molar refractivity (Wildman–Crippen MR) is 98.2 cm³/mol. The van der Waals surface area contributed by atoms with Gasteiger partial charge in [0.2, 0.25) is 10.1 Å². The van der Waals surface area contributed by atoms with Gasteiger partial charge in [0, 0.05) is 5.56 Å². The van der Waals surface area contributed by atoms with Gasteiger partial charge in [-0.2, -0.15) is 4.52 Å². The second-order valence-corrected chi connectivity index (χ2v) is 6.89. The van der Waals surface area contributed by atoms with E-state index in [1.165, 1.54) is 10.6 Å². The molecule has 0 unspecified atom stereocenters. The van der Waals surface area contributed by atoms with Crippen LogP contribution in [0.4, 0.5) is 9.52 Å². The molecular weight excluding hydrogens is 377 g/mol. The number of aryl methyl sites for hydroxylation is 1. The molecule has 1 N–H and O–H groups in total. The summed E-state index contributed by atoms with van der Waals surface area (Å²) in [4.78, 5) is 12.8. The van der Waals surface area contributed by atoms with Crippen molar-refractivity contribution >= 4 is 38.9 Å². The summed E-state index contributed by atoms with van der Waals surface area (Å²) in [5, 5.41) is 15.8. The Morgan fingerprint density at radius 3 is 2.81 bits per heavy atom. The zero-order chi connectivity index (χ0) is 18.3. The first-order chi connectivity index (χ1) is 12.5. The van der Waals surface area contributed by atoms with Crippen LogP contribution in [0, 0.1) is 12.7 Å². The quantitative estimate of drug-likeness (QED) is 0.571. The van der Waals surface area contributed by atoms with Gasteiger partial charge in [-0.25, -0.2) is 4.39 Å². The van der Waals surface area contributed by atoms with E-state index in [9.17, 15) is 9.18 Å². The zero-order valence-electron chi connectivity index (χ0n) is 13.4. The maximum Gasteiger partial charge on any atom is 0.259 e. The van der Waals surface area contributed by atoms with Gasteiger partial charge >= 0.3 is 0 Å². The highest BCUT2D eigenvalue weighted by Gasteiger charge is 2.17. The van der Waals surface area contributed by atoms with Gasteiger partial charge < -0.3 is 0 Å². The summed E-state index contributed by atoms with van der Waals surface area (Å²) in [6.45, 7) is 1.68. The third kappa shape index (κ3) is 2.93. The number of carbonyl (C=O) groups excluding carboxylic acids is 1. The first kappa shape index (κ1) is 16.6. The number of anilines is 1. The Bertz CT molecular complexity index is 1140. The number of hydrogen-bond donors (Lipinski definition) is 1. The average molecular weight is 388 g/mol. The van der Waals surface area contributed by atoms with Crippen LogP contribution in [-0.4, -0.2) is 25.7 Å². The molecule has 0 atom stereocenters. The van der Waals surface area contributed by atoms with Gasteiger partial charge in [-0.15, -0.1) is 15.3 Å². The summed E-state index contributed by atoms with van der Waals surface area (Å²) in [5.74, 6) is -0.307. The third-order valence-electron chi connectivity index (χ3n) is 3.76. The highest BCUT2D eigenvalue weighted by atomic mass is 35.5. The van der Waals surface area contributed by atoms with E-state index in [0.717, 1.165) is 11.3 Å². The average Bonchev–Trinajstić information content (AvgIpc) is 3.18. The molecule has 4 rings (SSSR count). The maximum atomic E-state index is 13.8. The Morgan fingerprint density at radius 2 is 2.04 bits per heavy atom. The number of hydrogen-bond acceptors (Lipinski definition) is 5. The molecule has 0 bridgehead atoms. The van der Waals surface area contributed by atoms with Crippen LogP contribution in [0.15, 0.2) is 42.5 Å². The molecule has 0 fully saturated rings. The Kier molecular flexibility index (Phi) is 4.14. The molecule has 130 valence electrons. The van der Waals surface area contributed by atoms with Gasteiger partial charge in [-0.05, 0) is 30.7 Å². The lowest BCUT2D eigenvalue weighted by Crippen LogP contribution is -2.12. The Balaban J connectivity index is 1.67. The van der Waals surface area contributed by atoms with Crippen LogP contribution >= 0.6 is 22.9 Å². The number of nitrogens with one attached hydrogen (secondary N) is 1. The van der Waals surface area contributed by atoms with Crippen LogP contribution in [0.25, 0.3) is 16.3 Å². The number of fused-ring (bicyclic) bond motifs is 1. The van der Waals surface area contributed by atoms with Crippen molar-refractivity contribution in [2.24, 2.45) is 0 Å². The summed E-state index contributed by atoms with van der Waals surface area (Å²) >= 11 is 7.19. The number of rotatable bonds is 3. The molecule has 9 heteroatoms. The van der Waals surface area contributed by atoms with E-state index in [2.05, 4.69) is 20.6 Å². The molecule has 0 aliphatic carbocycles. The minimum atomic E-state index is -0.372. The van der Waals surface area contributed by atoms with Gasteiger partial charge in [-0.3, -0.25) is 10.1 Å². The van der Waals surface area contributed by atoms with Crippen LogP contribution in [0.1, 0.15) is 15.9 Å². The monoisotopic (exact) mass is 387 g/mol. The van der Waals surface area contributed by atoms with E-state index >= 15 is 0 Å². The molecule has 0 aliphatic rings. The van der Waals surface area contributed by atoms with Crippen molar-refractivity contribution in [1.82, 2.24) is 19.8 Å². The smallest absolute Gasteiger partial charge is 0.259 e. The molecule has 2 aromatic carbocycles. The van der Waals surface area contributed by atoms with Crippen LogP contribution < -0.4 is 5.32 Å². The lowest BCUT2D eigenvalue weighted by atomic mass is 10.1. The van der Waals surface area contributed by atoms with Crippen molar-refractivity contribution in [2.45, 2.75) is 6.92 Å². The molecule has 2 aromatic heterocycles. The largest absolute Gasteiger partial charge is 0.296 e. The Labute approximate surface area is 156 Å². The van der Waals surface area contributed by atoms with Crippen LogP contribution in [0.3, 0.4) is 0 Å². The van der Waals surface area contributed by atoms with E-state index in [4.69, 9.17) is 11.6 Å². The minimum Gasteiger partial charge on any atom is -0.296 e. The summed E-state index contributed by atoms with van der Waals surface area (Å²) in [5.41, 5.74) is 1.44. The molecule has 0 radical (unpaired) electrons. The van der Waals surface area contributed by atoms with E-state index in [-0.39, 0.29) is 11.7 Å². The molecule has 2 heterocycles. The second kappa shape index (κ2) is 6.47. The fourth-order valence-corrected chi connectivity index (χ4v) is 3.35. The van der Waals surface area contributed by atoms with E-state index < -0.39 is 0 Å². The van der Waals surface area contributed by atoms with Crippen molar-refractivity contribution in [1.29, 1.82) is 0 Å². The van der Waals surface area contributed by atoms with E-state index in [1.54, 1.807) is 43.3 Å². The first-order valence-electron chi connectivity index (χ1n) is 7.57. The zero-order valence-corrected chi connectivity index (χ0v) is 15.0. The van der Waals surface area contributed by atoms with Crippen LogP contribution in [0.2, 0.25) is 5.02 Å². The van der Waals surface area contributed by atoms with Crippen molar-refractivity contribution in [3.63, 3.8) is 0 Å². The predicted octanol–water partition coefficient (Wildman–Crippen LogP) is 4.21. The molecule has 0 saturated heterocycles. The van der Waals surface area contributed by atoms with Crippen molar-refractivity contribution < 1.29 is 9.18 Å². The highest BCUT2D eigenvalue weighted by Crippen LogP contribution is 2.26. The Morgan fingerprint density at radius 1 is 1.23 bits per heavy atom. The number of amides is 1. The van der Waals surface area contributed by atoms with Crippen LogP contribution in [-0.2, 0) is 0 Å². The third-order valence-corrected chi connectivity index (χ3v) is 4.90. The number of halogens is 2. The second-order valence-electron chi connectivity index (χ2n) is 5.52. The van der Waals surface area contributed by atoms with Crippen molar-refractivity contribution in [2.75, 3.05) is 5.32 Å². The molecule has 0 saturated carbocycles. The topological polar surface area (TPSA) is 72.2 Å². The lowest BCUT2D eigenvalue weighted by molar-refractivity contribution is 0.102. The molecule has 0 aliphatic heterocycles. The van der Waals surface area contributed by atoms with Gasteiger partial charge in [0.25, 0.3) is 5.91 Å². The maximum absolute atomic E-state index is 13.8. The van der Waals surface area contributed by atoms with Gasteiger partial charge in [0.1, 0.15) is 5.82 Å². The fraction of sp³-hybridized carbons (Fsp3) is 0.0588. The van der Waals surface area contributed by atoms with E-state index in [1.807, 2.05) is 0 Å². The SMILES string of the molecule is Cc1ccc(-c2nnc3sc(NC(=O)c4ccccc4Cl)nn23)cc1F. The number of benzene rings is 2.